The molecule has 6 nitrogen and oxygen atoms in total. The maximum absolute atomic E-state index is 12.7. The third-order valence-electron chi connectivity index (χ3n) is 5.17. The van der Waals surface area contributed by atoms with Crippen LogP contribution >= 0.6 is 11.6 Å². The van der Waals surface area contributed by atoms with E-state index in [2.05, 4.69) is 5.32 Å². The predicted molar refractivity (Wildman–Crippen MR) is 116 cm³/mol. The number of hydrogen-bond acceptors (Lipinski definition) is 4. The number of ether oxygens (including phenoxy) is 2. The first-order valence-electron chi connectivity index (χ1n) is 10.1. The molecule has 0 saturated carbocycles. The average molecular weight is 431 g/mol. The van der Waals surface area contributed by atoms with Crippen LogP contribution in [0.1, 0.15) is 35.7 Å². The summed E-state index contributed by atoms with van der Waals surface area (Å²) < 4.78 is 10.9. The van der Waals surface area contributed by atoms with Gasteiger partial charge in [0.05, 0.1) is 19.6 Å². The number of carbonyl (C=O) groups excluding carboxylic acids is 2. The van der Waals surface area contributed by atoms with Gasteiger partial charge < -0.3 is 19.7 Å². The van der Waals surface area contributed by atoms with Crippen LogP contribution in [0.15, 0.2) is 42.5 Å². The number of likely N-dealkylation sites (tertiary alicyclic amines) is 1. The predicted octanol–water partition coefficient (Wildman–Crippen LogP) is 3.92. The van der Waals surface area contributed by atoms with E-state index in [1.54, 1.807) is 36.3 Å². The van der Waals surface area contributed by atoms with Crippen LogP contribution in [0.3, 0.4) is 0 Å². The molecule has 2 aromatic carbocycles. The van der Waals surface area contributed by atoms with Gasteiger partial charge in [0.2, 0.25) is 5.91 Å². The van der Waals surface area contributed by atoms with Crippen molar-refractivity contribution in [1.82, 2.24) is 10.2 Å². The molecule has 0 radical (unpaired) electrons. The first kappa shape index (κ1) is 22.0. The van der Waals surface area contributed by atoms with Gasteiger partial charge in [-0.05, 0) is 61.7 Å². The average Bonchev–Trinajstić information content (AvgIpc) is 2.78. The zero-order chi connectivity index (χ0) is 21.5. The monoisotopic (exact) mass is 430 g/mol. The van der Waals surface area contributed by atoms with Crippen LogP contribution in [0, 0.1) is 5.92 Å². The molecule has 1 unspecified atom stereocenters. The molecule has 0 spiro atoms. The Hall–Kier alpha value is -2.73. The molecule has 1 atom stereocenters. The minimum absolute atomic E-state index is 0.0449. The molecule has 1 aliphatic rings. The van der Waals surface area contributed by atoms with Crippen molar-refractivity contribution in [3.05, 3.63) is 58.6 Å². The topological polar surface area (TPSA) is 67.9 Å². The Bertz CT molecular complexity index is 885. The summed E-state index contributed by atoms with van der Waals surface area (Å²) in [4.78, 5) is 27.2. The first-order chi connectivity index (χ1) is 14.5. The summed E-state index contributed by atoms with van der Waals surface area (Å²) in [6.45, 7) is 3.93. The van der Waals surface area contributed by atoms with Crippen molar-refractivity contribution in [2.75, 3.05) is 26.8 Å². The molecule has 0 aliphatic carbocycles. The zero-order valence-corrected chi connectivity index (χ0v) is 18.1. The molecule has 1 aliphatic heterocycles. The number of carbonyl (C=O) groups is 2. The molecular weight excluding hydrogens is 404 g/mol. The highest BCUT2D eigenvalue weighted by Gasteiger charge is 2.28. The van der Waals surface area contributed by atoms with Crippen molar-refractivity contribution in [3.63, 3.8) is 0 Å². The molecule has 160 valence electrons. The van der Waals surface area contributed by atoms with Crippen molar-refractivity contribution in [2.24, 2.45) is 5.92 Å². The molecule has 1 saturated heterocycles. The fraction of sp³-hybridized carbons (Fsp3) is 0.391. The number of nitrogens with zero attached hydrogens (tertiary/aromatic N) is 1. The quantitative estimate of drug-likeness (QED) is 0.723. The van der Waals surface area contributed by atoms with E-state index in [4.69, 9.17) is 21.1 Å². The molecule has 0 aromatic heterocycles. The molecular formula is C23H27ClN2O4. The van der Waals surface area contributed by atoms with Crippen molar-refractivity contribution < 1.29 is 19.1 Å². The largest absolute Gasteiger partial charge is 0.493 e. The molecule has 2 amide bonds. The van der Waals surface area contributed by atoms with Crippen LogP contribution in [0.25, 0.3) is 0 Å². The van der Waals surface area contributed by atoms with Gasteiger partial charge in [-0.1, -0.05) is 17.7 Å². The molecule has 1 heterocycles. The Morgan fingerprint density at radius 2 is 1.93 bits per heavy atom. The van der Waals surface area contributed by atoms with Gasteiger partial charge in [-0.2, -0.15) is 0 Å². The maximum Gasteiger partial charge on any atom is 0.253 e. The third kappa shape index (κ3) is 5.45. The molecule has 1 N–H and O–H groups in total. The van der Waals surface area contributed by atoms with Gasteiger partial charge in [-0.25, -0.2) is 0 Å². The van der Waals surface area contributed by atoms with E-state index in [1.165, 1.54) is 0 Å². The lowest BCUT2D eigenvalue weighted by molar-refractivity contribution is -0.126. The fourth-order valence-corrected chi connectivity index (χ4v) is 3.71. The number of hydrogen-bond donors (Lipinski definition) is 1. The van der Waals surface area contributed by atoms with E-state index >= 15 is 0 Å². The molecule has 1 fully saturated rings. The van der Waals surface area contributed by atoms with E-state index in [1.807, 2.05) is 25.1 Å². The summed E-state index contributed by atoms with van der Waals surface area (Å²) in [5, 5.41) is 3.58. The van der Waals surface area contributed by atoms with Gasteiger partial charge in [0.15, 0.2) is 11.5 Å². The second kappa shape index (κ2) is 10.3. The van der Waals surface area contributed by atoms with Gasteiger partial charge in [0, 0.05) is 30.2 Å². The number of piperidine rings is 1. The van der Waals surface area contributed by atoms with E-state index < -0.39 is 0 Å². The van der Waals surface area contributed by atoms with E-state index in [-0.39, 0.29) is 17.7 Å². The Kier molecular flexibility index (Phi) is 7.57. The van der Waals surface area contributed by atoms with Crippen molar-refractivity contribution in [2.45, 2.75) is 26.3 Å². The second-order valence-electron chi connectivity index (χ2n) is 7.23. The summed E-state index contributed by atoms with van der Waals surface area (Å²) in [6, 6.07) is 12.5. The molecule has 0 bridgehead atoms. The highest BCUT2D eigenvalue weighted by atomic mass is 35.5. The fourth-order valence-electron chi connectivity index (χ4n) is 3.58. The van der Waals surface area contributed by atoms with Gasteiger partial charge in [-0.15, -0.1) is 0 Å². The number of amides is 2. The van der Waals surface area contributed by atoms with Crippen LogP contribution in [0.2, 0.25) is 5.02 Å². The van der Waals surface area contributed by atoms with E-state index in [0.717, 1.165) is 18.4 Å². The summed E-state index contributed by atoms with van der Waals surface area (Å²) >= 11 is 5.90. The minimum Gasteiger partial charge on any atom is -0.493 e. The molecule has 7 heteroatoms. The standard InChI is InChI=1S/C23H27ClN2O4/c1-3-30-20-11-6-16(13-21(20)29-2)14-25-22(27)18-5-4-12-26(15-18)23(28)17-7-9-19(24)10-8-17/h6-11,13,18H,3-5,12,14-15H2,1-2H3,(H,25,27). The van der Waals surface area contributed by atoms with Gasteiger partial charge in [0.1, 0.15) is 0 Å². The maximum atomic E-state index is 12.7. The highest BCUT2D eigenvalue weighted by molar-refractivity contribution is 6.30. The number of methoxy groups -OCH3 is 1. The van der Waals surface area contributed by atoms with Crippen LogP contribution < -0.4 is 14.8 Å². The lowest BCUT2D eigenvalue weighted by atomic mass is 9.96. The first-order valence-corrected chi connectivity index (χ1v) is 10.5. The second-order valence-corrected chi connectivity index (χ2v) is 7.67. The van der Waals surface area contributed by atoms with Gasteiger partial charge >= 0.3 is 0 Å². The summed E-state index contributed by atoms with van der Waals surface area (Å²) in [5.41, 5.74) is 1.51. The van der Waals surface area contributed by atoms with E-state index in [0.29, 0.717) is 48.3 Å². The van der Waals surface area contributed by atoms with Crippen molar-refractivity contribution in [1.29, 1.82) is 0 Å². The van der Waals surface area contributed by atoms with E-state index in [9.17, 15) is 9.59 Å². The van der Waals surface area contributed by atoms with Crippen molar-refractivity contribution >= 4 is 23.4 Å². The highest BCUT2D eigenvalue weighted by Crippen LogP contribution is 2.28. The molecule has 30 heavy (non-hydrogen) atoms. The lowest BCUT2D eigenvalue weighted by Crippen LogP contribution is -2.45. The minimum atomic E-state index is -0.223. The smallest absolute Gasteiger partial charge is 0.253 e. The zero-order valence-electron chi connectivity index (χ0n) is 17.3. The van der Waals surface area contributed by atoms with Crippen LogP contribution in [0.5, 0.6) is 11.5 Å². The van der Waals surface area contributed by atoms with Crippen LogP contribution in [0.4, 0.5) is 0 Å². The van der Waals surface area contributed by atoms with Gasteiger partial charge in [-0.3, -0.25) is 9.59 Å². The SMILES string of the molecule is CCOc1ccc(CNC(=O)C2CCCN(C(=O)c3ccc(Cl)cc3)C2)cc1OC. The third-order valence-corrected chi connectivity index (χ3v) is 5.42. The summed E-state index contributed by atoms with van der Waals surface area (Å²) in [6.07, 6.45) is 1.57. The summed E-state index contributed by atoms with van der Waals surface area (Å²) in [5.74, 6) is 0.983. The molecule has 3 rings (SSSR count). The van der Waals surface area contributed by atoms with Crippen molar-refractivity contribution in [3.8, 4) is 11.5 Å². The Labute approximate surface area is 182 Å². The number of halogens is 1. The lowest BCUT2D eigenvalue weighted by Gasteiger charge is -2.32. The Morgan fingerprint density at radius 1 is 1.17 bits per heavy atom. The van der Waals surface area contributed by atoms with Crippen LogP contribution in [-0.2, 0) is 11.3 Å². The number of nitrogens with one attached hydrogen (secondary N) is 1. The Balaban J connectivity index is 1.57. The van der Waals surface area contributed by atoms with Gasteiger partial charge in [0.25, 0.3) is 5.91 Å². The Morgan fingerprint density at radius 3 is 2.63 bits per heavy atom. The number of benzene rings is 2. The van der Waals surface area contributed by atoms with Crippen LogP contribution in [-0.4, -0.2) is 43.5 Å². The summed E-state index contributed by atoms with van der Waals surface area (Å²) in [7, 11) is 1.59. The number of rotatable bonds is 7. The molecule has 2 aromatic rings. The normalized spacial score (nSPS) is 16.1.